The average molecular weight is 303 g/mol. The molecule has 0 aromatic heterocycles. The molecule has 5 nitrogen and oxygen atoms in total. The molecule has 0 bridgehead atoms. The predicted molar refractivity (Wildman–Crippen MR) is 88.2 cm³/mol. The molecule has 120 valence electrons. The van der Waals surface area contributed by atoms with Gasteiger partial charge < -0.3 is 10.1 Å². The topological polar surface area (TPSA) is 62.7 Å². The first-order valence-electron chi connectivity index (χ1n) is 7.90. The number of ether oxygens (including phenoxy) is 1. The summed E-state index contributed by atoms with van der Waals surface area (Å²) >= 11 is 0. The van der Waals surface area contributed by atoms with Gasteiger partial charge in [-0.3, -0.25) is 4.79 Å². The zero-order valence-corrected chi connectivity index (χ0v) is 13.4. The molecule has 22 heavy (non-hydrogen) atoms. The third-order valence-corrected chi connectivity index (χ3v) is 4.01. The van der Waals surface area contributed by atoms with Crippen LogP contribution < -0.4 is 15.5 Å². The highest BCUT2D eigenvalue weighted by Gasteiger charge is 2.13. The number of nitrogens with one attached hydrogen (secondary N) is 2. The van der Waals surface area contributed by atoms with Crippen LogP contribution in [0.15, 0.2) is 29.4 Å². The molecule has 1 aromatic rings. The largest absolute Gasteiger partial charge is 0.497 e. The molecule has 5 heteroatoms. The summed E-state index contributed by atoms with van der Waals surface area (Å²) in [7, 11) is 1.63. The number of nitrogens with zero attached hydrogens (tertiary/aromatic N) is 1. The number of carbonyl (C=O) groups is 1. The first-order valence-corrected chi connectivity index (χ1v) is 7.90. The van der Waals surface area contributed by atoms with E-state index in [0.29, 0.717) is 12.6 Å². The molecule has 1 aliphatic carbocycles. The highest BCUT2D eigenvalue weighted by Crippen LogP contribution is 2.17. The van der Waals surface area contributed by atoms with Crippen molar-refractivity contribution in [1.29, 1.82) is 0 Å². The fourth-order valence-electron chi connectivity index (χ4n) is 2.63. The van der Waals surface area contributed by atoms with E-state index in [9.17, 15) is 4.79 Å². The Morgan fingerprint density at radius 1 is 1.23 bits per heavy atom. The third kappa shape index (κ3) is 5.15. The van der Waals surface area contributed by atoms with E-state index in [1.165, 1.54) is 32.1 Å². The van der Waals surface area contributed by atoms with Crippen LogP contribution >= 0.6 is 0 Å². The van der Waals surface area contributed by atoms with Gasteiger partial charge in [0.15, 0.2) is 0 Å². The summed E-state index contributed by atoms with van der Waals surface area (Å²) in [4.78, 5) is 11.8. The standard InChI is InChI=1S/C17H25N3O2/c1-13(14-8-10-16(22-2)11-9-14)19-20-17(21)12-18-15-6-4-3-5-7-15/h8-11,15,18H,3-7,12H2,1-2H3,(H,20,21)/b19-13-. The van der Waals surface area contributed by atoms with E-state index in [2.05, 4.69) is 15.8 Å². The van der Waals surface area contributed by atoms with Crippen molar-refractivity contribution >= 4 is 11.6 Å². The lowest BCUT2D eigenvalue weighted by Crippen LogP contribution is -2.38. The molecule has 2 N–H and O–H groups in total. The zero-order valence-electron chi connectivity index (χ0n) is 13.4. The third-order valence-electron chi connectivity index (χ3n) is 4.01. The van der Waals surface area contributed by atoms with Gasteiger partial charge in [-0.1, -0.05) is 19.3 Å². The predicted octanol–water partition coefficient (Wildman–Crippen LogP) is 2.46. The lowest BCUT2D eigenvalue weighted by Gasteiger charge is -2.22. The van der Waals surface area contributed by atoms with Crippen molar-refractivity contribution in [2.24, 2.45) is 5.10 Å². The Bertz CT molecular complexity index is 505. The van der Waals surface area contributed by atoms with E-state index in [-0.39, 0.29) is 5.91 Å². The Morgan fingerprint density at radius 3 is 2.55 bits per heavy atom. The molecule has 1 aromatic carbocycles. The Labute approximate surface area is 132 Å². The summed E-state index contributed by atoms with van der Waals surface area (Å²) in [5.74, 6) is 0.704. The van der Waals surface area contributed by atoms with E-state index in [1.54, 1.807) is 7.11 Å². The van der Waals surface area contributed by atoms with E-state index < -0.39 is 0 Å². The molecule has 0 radical (unpaired) electrons. The SMILES string of the molecule is COc1ccc(/C(C)=N\NC(=O)CNC2CCCCC2)cc1. The fraction of sp³-hybridized carbons (Fsp3) is 0.529. The number of benzene rings is 1. The number of hydrogen-bond donors (Lipinski definition) is 2. The minimum atomic E-state index is -0.0987. The summed E-state index contributed by atoms with van der Waals surface area (Å²) in [6.45, 7) is 2.20. The smallest absolute Gasteiger partial charge is 0.254 e. The second kappa shape index (κ2) is 8.54. The molecule has 0 heterocycles. The van der Waals surface area contributed by atoms with Crippen LogP contribution in [0.1, 0.15) is 44.6 Å². The molecular weight excluding hydrogens is 278 g/mol. The molecule has 1 amide bonds. The van der Waals surface area contributed by atoms with Gasteiger partial charge in [0.25, 0.3) is 5.91 Å². The number of methoxy groups -OCH3 is 1. The van der Waals surface area contributed by atoms with E-state index >= 15 is 0 Å². The minimum Gasteiger partial charge on any atom is -0.497 e. The van der Waals surface area contributed by atoms with Crippen LogP contribution in [0.25, 0.3) is 0 Å². The van der Waals surface area contributed by atoms with Gasteiger partial charge in [0.2, 0.25) is 0 Å². The number of carbonyl (C=O) groups excluding carboxylic acids is 1. The van der Waals surface area contributed by atoms with Crippen molar-refractivity contribution in [2.45, 2.75) is 45.1 Å². The number of hydrazone groups is 1. The monoisotopic (exact) mass is 303 g/mol. The minimum absolute atomic E-state index is 0.0987. The van der Waals surface area contributed by atoms with Crippen LogP contribution in [-0.2, 0) is 4.79 Å². The van der Waals surface area contributed by atoms with Gasteiger partial charge >= 0.3 is 0 Å². The summed E-state index contributed by atoms with van der Waals surface area (Å²) < 4.78 is 5.12. The molecule has 0 aliphatic heterocycles. The quantitative estimate of drug-likeness (QED) is 0.627. The van der Waals surface area contributed by atoms with Gasteiger partial charge in [-0.15, -0.1) is 0 Å². The maximum atomic E-state index is 11.8. The number of rotatable bonds is 6. The van der Waals surface area contributed by atoms with Gasteiger partial charge in [0.05, 0.1) is 19.4 Å². The Morgan fingerprint density at radius 2 is 1.91 bits per heavy atom. The highest BCUT2D eigenvalue weighted by molar-refractivity contribution is 5.99. The number of amides is 1. The van der Waals surface area contributed by atoms with Gasteiger partial charge in [-0.25, -0.2) is 5.43 Å². The van der Waals surface area contributed by atoms with E-state index in [4.69, 9.17) is 4.74 Å². The van der Waals surface area contributed by atoms with E-state index in [1.807, 2.05) is 31.2 Å². The summed E-state index contributed by atoms with van der Waals surface area (Å²) in [5, 5.41) is 7.45. The molecule has 0 saturated heterocycles. The van der Waals surface area contributed by atoms with Crippen LogP contribution in [0, 0.1) is 0 Å². The summed E-state index contributed by atoms with van der Waals surface area (Å²) in [6, 6.07) is 8.07. The highest BCUT2D eigenvalue weighted by atomic mass is 16.5. The first-order chi connectivity index (χ1) is 10.7. The van der Waals surface area contributed by atoms with Crippen LogP contribution in [-0.4, -0.2) is 31.3 Å². The van der Waals surface area contributed by atoms with Crippen LogP contribution in [0.4, 0.5) is 0 Å². The van der Waals surface area contributed by atoms with Crippen molar-refractivity contribution in [3.8, 4) is 5.75 Å². The Balaban J connectivity index is 1.77. The molecule has 1 aliphatic rings. The molecule has 0 atom stereocenters. The van der Waals surface area contributed by atoms with Gasteiger partial charge in [0, 0.05) is 6.04 Å². The molecule has 1 fully saturated rings. The lowest BCUT2D eigenvalue weighted by atomic mass is 9.95. The van der Waals surface area contributed by atoms with Gasteiger partial charge in [-0.2, -0.15) is 5.10 Å². The Hall–Kier alpha value is -1.88. The van der Waals surface area contributed by atoms with Crippen LogP contribution in [0.3, 0.4) is 0 Å². The second-order valence-corrected chi connectivity index (χ2v) is 5.68. The molecule has 0 spiro atoms. The summed E-state index contributed by atoms with van der Waals surface area (Å²) in [6.07, 6.45) is 6.17. The second-order valence-electron chi connectivity index (χ2n) is 5.68. The molecular formula is C17H25N3O2. The molecule has 2 rings (SSSR count). The lowest BCUT2D eigenvalue weighted by molar-refractivity contribution is -0.120. The first kappa shape index (κ1) is 16.5. The van der Waals surface area contributed by atoms with Crippen LogP contribution in [0.2, 0.25) is 0 Å². The zero-order chi connectivity index (χ0) is 15.8. The average Bonchev–Trinajstić information content (AvgIpc) is 2.58. The summed E-state index contributed by atoms with van der Waals surface area (Å²) in [5.41, 5.74) is 4.34. The van der Waals surface area contributed by atoms with Gasteiger partial charge in [-0.05, 0) is 49.6 Å². The fourth-order valence-corrected chi connectivity index (χ4v) is 2.63. The van der Waals surface area contributed by atoms with Crippen molar-refractivity contribution in [2.75, 3.05) is 13.7 Å². The van der Waals surface area contributed by atoms with Crippen molar-refractivity contribution in [3.05, 3.63) is 29.8 Å². The normalized spacial score (nSPS) is 16.4. The molecule has 0 unspecified atom stereocenters. The maximum absolute atomic E-state index is 11.8. The van der Waals surface area contributed by atoms with Crippen molar-refractivity contribution in [1.82, 2.24) is 10.7 Å². The Kier molecular flexibility index (Phi) is 6.40. The van der Waals surface area contributed by atoms with E-state index in [0.717, 1.165) is 17.0 Å². The molecule has 1 saturated carbocycles. The number of hydrogen-bond acceptors (Lipinski definition) is 4. The van der Waals surface area contributed by atoms with Crippen LogP contribution in [0.5, 0.6) is 5.75 Å². The van der Waals surface area contributed by atoms with Crippen molar-refractivity contribution < 1.29 is 9.53 Å². The maximum Gasteiger partial charge on any atom is 0.254 e. The van der Waals surface area contributed by atoms with Gasteiger partial charge in [0.1, 0.15) is 5.75 Å². The van der Waals surface area contributed by atoms with Crippen molar-refractivity contribution in [3.63, 3.8) is 0 Å².